The number of nitro benzene ring substituents is 1. The number of nitro groups is 1. The summed E-state index contributed by atoms with van der Waals surface area (Å²) in [6.45, 7) is 1.77. The number of thioether (sulfide) groups is 1. The fraction of sp³-hybridized carbons (Fsp3) is 0.389. The van der Waals surface area contributed by atoms with Crippen molar-refractivity contribution >= 4 is 35.7 Å². The number of benzene rings is 1. The lowest BCUT2D eigenvalue weighted by Gasteiger charge is -2.47. The molecule has 0 unspecified atom stereocenters. The lowest BCUT2D eigenvalue weighted by Crippen LogP contribution is -2.64. The number of carbonyl (C=O) groups is 2. The Labute approximate surface area is 166 Å². The van der Waals surface area contributed by atoms with Gasteiger partial charge in [0.1, 0.15) is 17.7 Å². The summed E-state index contributed by atoms with van der Waals surface area (Å²) < 4.78 is 5.36. The van der Waals surface area contributed by atoms with E-state index in [1.807, 2.05) is 14.1 Å². The molecule has 0 spiro atoms. The maximum atomic E-state index is 12.6. The highest BCUT2D eigenvalue weighted by molar-refractivity contribution is 8.00. The number of amides is 1. The molecule has 0 aromatic heterocycles. The van der Waals surface area contributed by atoms with E-state index in [0.717, 1.165) is 5.57 Å². The zero-order valence-electron chi connectivity index (χ0n) is 15.7. The van der Waals surface area contributed by atoms with Crippen LogP contribution in [0.3, 0.4) is 0 Å². The highest BCUT2D eigenvalue weighted by Crippen LogP contribution is 2.41. The molecule has 1 aromatic rings. The molecule has 3 rings (SSSR count). The summed E-state index contributed by atoms with van der Waals surface area (Å²) in [6.07, 6.45) is 1.60. The van der Waals surface area contributed by atoms with Gasteiger partial charge in [-0.1, -0.05) is 0 Å². The number of nitrogens with zero attached hydrogens (tertiary/aromatic N) is 4. The summed E-state index contributed by atoms with van der Waals surface area (Å²) in [5.41, 5.74) is 1.64. The third-order valence-electron chi connectivity index (χ3n) is 4.30. The van der Waals surface area contributed by atoms with Crippen LogP contribution in [-0.4, -0.2) is 64.2 Å². The topological polar surface area (TPSA) is 105 Å². The molecular weight excluding hydrogens is 384 g/mol. The number of rotatable bonds is 6. The number of hydrogen-bond acceptors (Lipinski definition) is 7. The second-order valence-corrected chi connectivity index (χ2v) is 7.82. The maximum Gasteiger partial charge on any atom is 0.355 e. The van der Waals surface area contributed by atoms with Gasteiger partial charge in [0.25, 0.3) is 11.6 Å². The van der Waals surface area contributed by atoms with Gasteiger partial charge in [-0.3, -0.25) is 24.8 Å². The van der Waals surface area contributed by atoms with Crippen molar-refractivity contribution in [1.82, 2.24) is 9.80 Å². The SMILES string of the molecule is CC1=C(C(=O)OCc2ccc([N+](=O)[O-])cc2)N2C(=O)[C@@H](N=CN(C)C)[C@H]2SC1. The number of fused-ring (bicyclic) bond motifs is 1. The second-order valence-electron chi connectivity index (χ2n) is 6.71. The van der Waals surface area contributed by atoms with E-state index in [9.17, 15) is 19.7 Å². The summed E-state index contributed by atoms with van der Waals surface area (Å²) in [5, 5.41) is 10.5. The molecule has 9 nitrogen and oxygen atoms in total. The Bertz CT molecular complexity index is 865. The summed E-state index contributed by atoms with van der Waals surface area (Å²) in [4.78, 5) is 42.9. The van der Waals surface area contributed by atoms with Gasteiger partial charge < -0.3 is 9.64 Å². The van der Waals surface area contributed by atoms with Gasteiger partial charge >= 0.3 is 5.97 Å². The Kier molecular flexibility index (Phi) is 5.68. The van der Waals surface area contributed by atoms with Crippen LogP contribution in [0.2, 0.25) is 0 Å². The average molecular weight is 404 g/mol. The minimum Gasteiger partial charge on any atom is -0.456 e. The van der Waals surface area contributed by atoms with Crippen molar-refractivity contribution in [1.29, 1.82) is 0 Å². The number of aliphatic imine (C=N–C) groups is 1. The summed E-state index contributed by atoms with van der Waals surface area (Å²) in [5.74, 6) is -0.189. The fourth-order valence-electron chi connectivity index (χ4n) is 2.88. The van der Waals surface area contributed by atoms with Crippen molar-refractivity contribution in [3.05, 3.63) is 51.2 Å². The van der Waals surface area contributed by atoms with Crippen LogP contribution in [0.25, 0.3) is 0 Å². The van der Waals surface area contributed by atoms with E-state index in [4.69, 9.17) is 4.74 Å². The second kappa shape index (κ2) is 8.01. The third-order valence-corrected chi connectivity index (χ3v) is 5.71. The molecule has 0 aliphatic carbocycles. The molecular formula is C18H20N4O5S. The van der Waals surface area contributed by atoms with Crippen LogP contribution in [0.15, 0.2) is 40.5 Å². The van der Waals surface area contributed by atoms with Crippen LogP contribution < -0.4 is 0 Å². The van der Waals surface area contributed by atoms with Gasteiger partial charge in [-0.05, 0) is 30.2 Å². The molecule has 1 fully saturated rings. The molecule has 2 atom stereocenters. The van der Waals surface area contributed by atoms with Crippen LogP contribution in [0, 0.1) is 10.1 Å². The largest absolute Gasteiger partial charge is 0.456 e. The van der Waals surface area contributed by atoms with Crippen LogP contribution >= 0.6 is 11.8 Å². The van der Waals surface area contributed by atoms with Crippen LogP contribution in [0.4, 0.5) is 5.69 Å². The zero-order valence-corrected chi connectivity index (χ0v) is 16.5. The molecule has 1 saturated heterocycles. The van der Waals surface area contributed by atoms with E-state index in [2.05, 4.69) is 4.99 Å². The molecule has 2 aliphatic rings. The van der Waals surface area contributed by atoms with Gasteiger partial charge in [0.05, 0.1) is 11.3 Å². The predicted octanol–water partition coefficient (Wildman–Crippen LogP) is 1.79. The van der Waals surface area contributed by atoms with E-state index < -0.39 is 16.9 Å². The summed E-state index contributed by atoms with van der Waals surface area (Å²) in [6, 6.07) is 5.28. The maximum absolute atomic E-state index is 12.6. The predicted molar refractivity (Wildman–Crippen MR) is 105 cm³/mol. The molecule has 148 valence electrons. The number of ether oxygens (including phenoxy) is 1. The third kappa shape index (κ3) is 3.86. The zero-order chi connectivity index (χ0) is 20.4. The van der Waals surface area contributed by atoms with E-state index in [-0.39, 0.29) is 29.3 Å². The molecule has 2 aliphatic heterocycles. The highest BCUT2D eigenvalue weighted by Gasteiger charge is 2.53. The Balaban J connectivity index is 1.67. The number of non-ortho nitro benzene ring substituents is 1. The minimum atomic E-state index is -0.579. The summed E-state index contributed by atoms with van der Waals surface area (Å²) >= 11 is 1.57. The van der Waals surface area contributed by atoms with E-state index in [0.29, 0.717) is 11.3 Å². The van der Waals surface area contributed by atoms with Gasteiger partial charge in [0.2, 0.25) is 0 Å². The van der Waals surface area contributed by atoms with Crippen LogP contribution in [-0.2, 0) is 20.9 Å². The van der Waals surface area contributed by atoms with E-state index in [1.165, 1.54) is 29.2 Å². The molecule has 2 heterocycles. The van der Waals surface area contributed by atoms with Gasteiger partial charge in [-0.2, -0.15) is 0 Å². The van der Waals surface area contributed by atoms with Gasteiger partial charge in [-0.25, -0.2) is 4.79 Å². The standard InChI is InChI=1S/C18H20N4O5S/c1-11-9-28-17-14(19-10-20(2)3)16(23)21(17)15(11)18(24)27-8-12-4-6-13(7-5-12)22(25)26/h4-7,10,14,17H,8-9H2,1-3H3/t14-,17-/m1/s1. The smallest absolute Gasteiger partial charge is 0.355 e. The quantitative estimate of drug-likeness (QED) is 0.178. The number of carbonyl (C=O) groups excluding carboxylic acids is 2. The lowest BCUT2D eigenvalue weighted by atomic mass is 10.0. The van der Waals surface area contributed by atoms with Gasteiger partial charge in [0, 0.05) is 32.0 Å². The number of esters is 1. The monoisotopic (exact) mass is 404 g/mol. The first-order valence-corrected chi connectivity index (χ1v) is 9.59. The molecule has 10 heteroatoms. The molecule has 0 saturated carbocycles. The lowest BCUT2D eigenvalue weighted by molar-refractivity contribution is -0.384. The first-order chi connectivity index (χ1) is 13.3. The van der Waals surface area contributed by atoms with E-state index >= 15 is 0 Å². The molecule has 1 amide bonds. The highest BCUT2D eigenvalue weighted by atomic mass is 32.2. The first kappa shape index (κ1) is 19.9. The molecule has 0 bridgehead atoms. The van der Waals surface area contributed by atoms with Crippen molar-refractivity contribution in [2.75, 3.05) is 19.8 Å². The van der Waals surface area contributed by atoms with Crippen molar-refractivity contribution < 1.29 is 19.2 Å². The van der Waals surface area contributed by atoms with Crippen molar-refractivity contribution in [3.63, 3.8) is 0 Å². The van der Waals surface area contributed by atoms with Crippen molar-refractivity contribution in [2.24, 2.45) is 4.99 Å². The molecule has 0 radical (unpaired) electrons. The minimum absolute atomic E-state index is 0.0312. The first-order valence-electron chi connectivity index (χ1n) is 8.54. The average Bonchev–Trinajstić information content (AvgIpc) is 2.66. The van der Waals surface area contributed by atoms with Crippen molar-refractivity contribution in [2.45, 2.75) is 24.9 Å². The number of β-lactam (4-membered cyclic amide) rings is 1. The summed E-state index contributed by atoms with van der Waals surface area (Å²) in [7, 11) is 3.65. The normalized spacial score (nSPS) is 21.4. The van der Waals surface area contributed by atoms with E-state index in [1.54, 1.807) is 29.9 Å². The van der Waals surface area contributed by atoms with Crippen molar-refractivity contribution in [3.8, 4) is 0 Å². The van der Waals surface area contributed by atoms with Crippen LogP contribution in [0.1, 0.15) is 12.5 Å². The molecule has 0 N–H and O–H groups in total. The Morgan fingerprint density at radius 1 is 1.43 bits per heavy atom. The molecule has 28 heavy (non-hydrogen) atoms. The van der Waals surface area contributed by atoms with Gasteiger partial charge in [0.15, 0.2) is 6.04 Å². The van der Waals surface area contributed by atoms with Crippen LogP contribution in [0.5, 0.6) is 0 Å². The fourth-order valence-corrected chi connectivity index (χ4v) is 4.17. The Morgan fingerprint density at radius 3 is 2.71 bits per heavy atom. The van der Waals surface area contributed by atoms with Gasteiger partial charge in [-0.15, -0.1) is 11.8 Å². The Hall–Kier alpha value is -2.88. The molecule has 1 aromatic carbocycles. The Morgan fingerprint density at radius 2 is 2.11 bits per heavy atom. The number of hydrogen-bond donors (Lipinski definition) is 0.